The van der Waals surface area contributed by atoms with E-state index < -0.39 is 0 Å². The van der Waals surface area contributed by atoms with Crippen molar-refractivity contribution >= 4 is 11.8 Å². The van der Waals surface area contributed by atoms with Gasteiger partial charge in [0.15, 0.2) is 0 Å². The normalized spacial score (nSPS) is 15.0. The fourth-order valence-corrected chi connectivity index (χ4v) is 3.01. The van der Waals surface area contributed by atoms with Crippen molar-refractivity contribution in [3.63, 3.8) is 0 Å². The second kappa shape index (κ2) is 7.25. The summed E-state index contributed by atoms with van der Waals surface area (Å²) in [4.78, 5) is 11.4. The molecule has 4 nitrogen and oxygen atoms in total. The largest absolute Gasteiger partial charge is 0.352 e. The van der Waals surface area contributed by atoms with Gasteiger partial charge in [-0.25, -0.2) is 4.98 Å². The third-order valence-corrected chi connectivity index (χ3v) is 4.25. The molecule has 0 bridgehead atoms. The first-order valence-corrected chi connectivity index (χ1v) is 8.23. The zero-order chi connectivity index (χ0) is 15.2. The molecule has 1 saturated carbocycles. The molecule has 1 aliphatic rings. The van der Waals surface area contributed by atoms with Gasteiger partial charge in [-0.3, -0.25) is 0 Å². The lowest BCUT2D eigenvalue weighted by Gasteiger charge is -2.23. The molecule has 1 aromatic heterocycles. The van der Waals surface area contributed by atoms with Crippen LogP contribution in [0, 0.1) is 0 Å². The minimum absolute atomic E-state index is 0.541. The minimum Gasteiger partial charge on any atom is -0.352 e. The molecule has 1 aliphatic carbocycles. The molecule has 22 heavy (non-hydrogen) atoms. The van der Waals surface area contributed by atoms with E-state index in [2.05, 4.69) is 46.4 Å². The van der Waals surface area contributed by atoms with E-state index in [1.807, 2.05) is 18.3 Å². The fraction of sp³-hybridized carbons (Fsp3) is 0.444. The summed E-state index contributed by atoms with van der Waals surface area (Å²) in [6.45, 7) is 3.96. The van der Waals surface area contributed by atoms with Crippen molar-refractivity contribution in [1.82, 2.24) is 9.97 Å². The first kappa shape index (κ1) is 14.8. The zero-order valence-electron chi connectivity index (χ0n) is 13.2. The fourth-order valence-electron chi connectivity index (χ4n) is 3.01. The first-order chi connectivity index (χ1) is 10.8. The monoisotopic (exact) mass is 296 g/mol. The predicted molar refractivity (Wildman–Crippen MR) is 91.1 cm³/mol. The van der Waals surface area contributed by atoms with Crippen LogP contribution in [-0.4, -0.2) is 22.6 Å². The van der Waals surface area contributed by atoms with Crippen molar-refractivity contribution in [2.75, 3.05) is 16.8 Å². The smallest absolute Gasteiger partial charge is 0.224 e. The molecule has 0 saturated heterocycles. The van der Waals surface area contributed by atoms with Gasteiger partial charge >= 0.3 is 0 Å². The van der Waals surface area contributed by atoms with Gasteiger partial charge in [-0.05, 0) is 31.4 Å². The third kappa shape index (κ3) is 3.75. The van der Waals surface area contributed by atoms with E-state index in [1.165, 1.54) is 31.2 Å². The van der Waals surface area contributed by atoms with Crippen molar-refractivity contribution in [1.29, 1.82) is 0 Å². The lowest BCUT2D eigenvalue weighted by molar-refractivity contribution is 0.740. The Labute approximate surface area is 132 Å². The van der Waals surface area contributed by atoms with Gasteiger partial charge in [0.05, 0.1) is 0 Å². The van der Waals surface area contributed by atoms with Gasteiger partial charge in [0.1, 0.15) is 5.82 Å². The number of aromatic nitrogens is 2. The van der Waals surface area contributed by atoms with E-state index in [4.69, 9.17) is 4.98 Å². The second-order valence-corrected chi connectivity index (χ2v) is 5.86. The van der Waals surface area contributed by atoms with E-state index in [1.54, 1.807) is 0 Å². The molecular formula is C18H24N4. The van der Waals surface area contributed by atoms with Gasteiger partial charge in [0.2, 0.25) is 5.95 Å². The van der Waals surface area contributed by atoms with Crippen molar-refractivity contribution in [3.05, 3.63) is 48.2 Å². The molecule has 1 fully saturated rings. The van der Waals surface area contributed by atoms with Crippen LogP contribution in [0.3, 0.4) is 0 Å². The molecule has 1 N–H and O–H groups in total. The van der Waals surface area contributed by atoms with Gasteiger partial charge in [0.25, 0.3) is 0 Å². The van der Waals surface area contributed by atoms with Crippen LogP contribution in [0.2, 0.25) is 0 Å². The summed E-state index contributed by atoms with van der Waals surface area (Å²) in [7, 11) is 0. The van der Waals surface area contributed by atoms with Gasteiger partial charge in [-0.2, -0.15) is 4.98 Å². The SMILES string of the molecule is CCN(Cc1ccccc1)c1ccnc(NC2CCCC2)n1. The van der Waals surface area contributed by atoms with E-state index in [0.717, 1.165) is 24.9 Å². The van der Waals surface area contributed by atoms with Gasteiger partial charge in [0, 0.05) is 25.3 Å². The van der Waals surface area contributed by atoms with Crippen LogP contribution in [0.4, 0.5) is 11.8 Å². The Balaban J connectivity index is 1.71. The maximum absolute atomic E-state index is 4.71. The van der Waals surface area contributed by atoms with E-state index in [0.29, 0.717) is 6.04 Å². The minimum atomic E-state index is 0.541. The average Bonchev–Trinajstić information content (AvgIpc) is 3.07. The topological polar surface area (TPSA) is 41.1 Å². The molecule has 3 rings (SSSR count). The van der Waals surface area contributed by atoms with Crippen LogP contribution in [0.1, 0.15) is 38.2 Å². The number of hydrogen-bond acceptors (Lipinski definition) is 4. The standard InChI is InChI=1S/C18H24N4/c1-2-22(14-15-8-4-3-5-9-15)17-12-13-19-18(21-17)20-16-10-6-7-11-16/h3-5,8-9,12-13,16H,2,6-7,10-11,14H2,1H3,(H,19,20,21). The van der Waals surface area contributed by atoms with Crippen LogP contribution in [0.5, 0.6) is 0 Å². The van der Waals surface area contributed by atoms with Gasteiger partial charge in [-0.15, -0.1) is 0 Å². The summed E-state index contributed by atoms with van der Waals surface area (Å²) < 4.78 is 0. The lowest BCUT2D eigenvalue weighted by Crippen LogP contribution is -2.24. The number of nitrogens with one attached hydrogen (secondary N) is 1. The summed E-state index contributed by atoms with van der Waals surface area (Å²) in [5.74, 6) is 1.75. The molecule has 4 heteroatoms. The number of anilines is 2. The molecule has 1 aromatic carbocycles. The highest BCUT2D eigenvalue weighted by Gasteiger charge is 2.16. The molecular weight excluding hydrogens is 272 g/mol. The highest BCUT2D eigenvalue weighted by molar-refractivity contribution is 5.43. The molecule has 2 aromatic rings. The first-order valence-electron chi connectivity index (χ1n) is 8.23. The number of hydrogen-bond donors (Lipinski definition) is 1. The third-order valence-electron chi connectivity index (χ3n) is 4.25. The Kier molecular flexibility index (Phi) is 4.88. The summed E-state index contributed by atoms with van der Waals surface area (Å²) in [6.07, 6.45) is 6.94. The molecule has 0 aliphatic heterocycles. The van der Waals surface area contributed by atoms with Gasteiger partial charge in [-0.1, -0.05) is 43.2 Å². The Hall–Kier alpha value is -2.10. The Morgan fingerprint density at radius 1 is 1.14 bits per heavy atom. The Morgan fingerprint density at radius 3 is 2.64 bits per heavy atom. The lowest BCUT2D eigenvalue weighted by atomic mass is 10.2. The summed E-state index contributed by atoms with van der Waals surface area (Å²) >= 11 is 0. The zero-order valence-corrected chi connectivity index (χ0v) is 13.2. The predicted octanol–water partition coefficient (Wildman–Crippen LogP) is 3.86. The molecule has 0 amide bonds. The number of benzene rings is 1. The summed E-state index contributed by atoms with van der Waals surface area (Å²) in [6, 6.07) is 13.1. The van der Waals surface area contributed by atoms with E-state index in [-0.39, 0.29) is 0 Å². The number of nitrogens with zero attached hydrogens (tertiary/aromatic N) is 3. The Morgan fingerprint density at radius 2 is 1.91 bits per heavy atom. The maximum Gasteiger partial charge on any atom is 0.224 e. The molecule has 0 unspecified atom stereocenters. The van der Waals surface area contributed by atoms with Crippen molar-refractivity contribution in [2.45, 2.75) is 45.2 Å². The number of rotatable bonds is 6. The Bertz CT molecular complexity index is 579. The molecule has 0 spiro atoms. The highest BCUT2D eigenvalue weighted by atomic mass is 15.2. The van der Waals surface area contributed by atoms with Crippen LogP contribution < -0.4 is 10.2 Å². The van der Waals surface area contributed by atoms with Gasteiger partial charge < -0.3 is 10.2 Å². The van der Waals surface area contributed by atoms with Crippen LogP contribution >= 0.6 is 0 Å². The van der Waals surface area contributed by atoms with Crippen LogP contribution in [-0.2, 0) is 6.54 Å². The molecule has 1 heterocycles. The van der Waals surface area contributed by atoms with Crippen molar-refractivity contribution in [2.24, 2.45) is 0 Å². The van der Waals surface area contributed by atoms with Crippen LogP contribution in [0.15, 0.2) is 42.6 Å². The molecule has 0 radical (unpaired) electrons. The molecule has 0 atom stereocenters. The average molecular weight is 296 g/mol. The summed E-state index contributed by atoms with van der Waals surface area (Å²) in [5, 5.41) is 3.48. The maximum atomic E-state index is 4.71. The van der Waals surface area contributed by atoms with E-state index in [9.17, 15) is 0 Å². The summed E-state index contributed by atoms with van der Waals surface area (Å²) in [5.41, 5.74) is 1.30. The highest BCUT2D eigenvalue weighted by Crippen LogP contribution is 2.22. The quantitative estimate of drug-likeness (QED) is 0.879. The molecule has 116 valence electrons. The van der Waals surface area contributed by atoms with E-state index >= 15 is 0 Å². The van der Waals surface area contributed by atoms with Crippen molar-refractivity contribution in [3.8, 4) is 0 Å². The second-order valence-electron chi connectivity index (χ2n) is 5.86. The van der Waals surface area contributed by atoms with Crippen LogP contribution in [0.25, 0.3) is 0 Å². The van der Waals surface area contributed by atoms with Crippen molar-refractivity contribution < 1.29 is 0 Å².